The smallest absolute Gasteiger partial charge is 0.239 e. The van der Waals surface area contributed by atoms with E-state index in [0.717, 1.165) is 22.6 Å². The number of para-hydroxylation sites is 1. The molecule has 1 amide bonds. The number of nitrogens with one attached hydrogen (secondary N) is 3. The monoisotopic (exact) mass is 384 g/mol. The zero-order chi connectivity index (χ0) is 20.2. The molecule has 2 aromatic carbocycles. The third-order valence-corrected chi connectivity index (χ3v) is 4.01. The van der Waals surface area contributed by atoms with Gasteiger partial charge < -0.3 is 25.4 Å². The van der Waals surface area contributed by atoms with E-state index in [-0.39, 0.29) is 12.5 Å². The normalized spacial score (nSPS) is 10.9. The predicted molar refractivity (Wildman–Crippen MR) is 111 cm³/mol. The van der Waals surface area contributed by atoms with E-state index in [1.54, 1.807) is 14.2 Å². The third-order valence-electron chi connectivity index (χ3n) is 4.01. The summed E-state index contributed by atoms with van der Waals surface area (Å²) in [5, 5.41) is 9.07. The highest BCUT2D eigenvalue weighted by molar-refractivity contribution is 5.86. The number of carbonyl (C=O) groups is 1. The van der Waals surface area contributed by atoms with Crippen LogP contribution in [0.25, 0.3) is 0 Å². The molecule has 3 N–H and O–H groups in total. The van der Waals surface area contributed by atoms with Crippen molar-refractivity contribution in [1.82, 2.24) is 16.0 Å². The standard InChI is InChI=1S/C21H28N4O3/c1-4-28-19-8-6-5-7-17(19)14-24-21(22-2)25-15-20(26)23-13-16-9-11-18(27-3)12-10-16/h5-12H,4,13-15H2,1-3H3,(H,23,26)(H2,22,24,25). The largest absolute Gasteiger partial charge is 0.497 e. The molecule has 0 heterocycles. The van der Waals surface area contributed by atoms with E-state index in [0.29, 0.717) is 25.7 Å². The molecule has 0 aliphatic rings. The summed E-state index contributed by atoms with van der Waals surface area (Å²) in [6.45, 7) is 3.69. The molecule has 0 aliphatic carbocycles. The van der Waals surface area contributed by atoms with Crippen LogP contribution in [0.2, 0.25) is 0 Å². The Morgan fingerprint density at radius 3 is 2.43 bits per heavy atom. The Morgan fingerprint density at radius 2 is 1.75 bits per heavy atom. The van der Waals surface area contributed by atoms with E-state index in [1.807, 2.05) is 55.5 Å². The van der Waals surface area contributed by atoms with E-state index in [1.165, 1.54) is 0 Å². The number of aliphatic imine (C=N–C) groups is 1. The Labute approximate surface area is 166 Å². The molecule has 0 aliphatic heterocycles. The summed E-state index contributed by atoms with van der Waals surface area (Å²) in [5.74, 6) is 2.06. The molecule has 2 aromatic rings. The van der Waals surface area contributed by atoms with Crippen molar-refractivity contribution in [1.29, 1.82) is 0 Å². The molecule has 0 spiro atoms. The van der Waals surface area contributed by atoms with Crippen molar-refractivity contribution in [2.75, 3.05) is 27.3 Å². The average Bonchev–Trinajstić information content (AvgIpc) is 2.74. The lowest BCUT2D eigenvalue weighted by atomic mass is 10.2. The molecule has 0 bridgehead atoms. The van der Waals surface area contributed by atoms with Gasteiger partial charge in [-0.2, -0.15) is 0 Å². The number of ether oxygens (including phenoxy) is 2. The lowest BCUT2D eigenvalue weighted by Crippen LogP contribution is -2.42. The van der Waals surface area contributed by atoms with Gasteiger partial charge in [0.25, 0.3) is 0 Å². The van der Waals surface area contributed by atoms with E-state index in [4.69, 9.17) is 9.47 Å². The zero-order valence-corrected chi connectivity index (χ0v) is 16.6. The van der Waals surface area contributed by atoms with Crippen molar-refractivity contribution in [3.63, 3.8) is 0 Å². The van der Waals surface area contributed by atoms with Gasteiger partial charge in [0.2, 0.25) is 5.91 Å². The van der Waals surface area contributed by atoms with E-state index in [9.17, 15) is 4.79 Å². The van der Waals surface area contributed by atoms with Gasteiger partial charge in [0.1, 0.15) is 11.5 Å². The van der Waals surface area contributed by atoms with Crippen LogP contribution in [-0.2, 0) is 17.9 Å². The Bertz CT molecular complexity index is 775. The van der Waals surface area contributed by atoms with Crippen LogP contribution in [0.4, 0.5) is 0 Å². The van der Waals surface area contributed by atoms with Crippen LogP contribution in [0.15, 0.2) is 53.5 Å². The Balaban J connectivity index is 1.76. The third kappa shape index (κ3) is 6.83. The second-order valence-corrected chi connectivity index (χ2v) is 5.94. The fourth-order valence-electron chi connectivity index (χ4n) is 2.52. The summed E-state index contributed by atoms with van der Waals surface area (Å²) in [7, 11) is 3.29. The van der Waals surface area contributed by atoms with Gasteiger partial charge in [0.15, 0.2) is 5.96 Å². The number of rotatable bonds is 9. The van der Waals surface area contributed by atoms with Crippen molar-refractivity contribution in [3.8, 4) is 11.5 Å². The van der Waals surface area contributed by atoms with Crippen molar-refractivity contribution in [3.05, 3.63) is 59.7 Å². The fourth-order valence-corrected chi connectivity index (χ4v) is 2.52. The SMILES string of the molecule is CCOc1ccccc1CNC(=NC)NCC(=O)NCc1ccc(OC)cc1. The molecule has 0 saturated carbocycles. The summed E-state index contributed by atoms with van der Waals surface area (Å²) in [5.41, 5.74) is 2.03. The van der Waals surface area contributed by atoms with Gasteiger partial charge in [0, 0.05) is 25.7 Å². The second kappa shape index (κ2) is 11.5. The number of hydrogen-bond donors (Lipinski definition) is 3. The maximum atomic E-state index is 12.1. The number of hydrogen-bond acceptors (Lipinski definition) is 4. The molecule has 7 heteroatoms. The highest BCUT2D eigenvalue weighted by Gasteiger charge is 2.06. The molecule has 150 valence electrons. The molecule has 0 saturated heterocycles. The van der Waals surface area contributed by atoms with Crippen molar-refractivity contribution in [2.45, 2.75) is 20.0 Å². The van der Waals surface area contributed by atoms with E-state index in [2.05, 4.69) is 20.9 Å². The average molecular weight is 384 g/mol. The van der Waals surface area contributed by atoms with Crippen LogP contribution in [-0.4, -0.2) is 39.2 Å². The summed E-state index contributed by atoms with van der Waals surface area (Å²) in [6.07, 6.45) is 0. The van der Waals surface area contributed by atoms with Gasteiger partial charge in [-0.3, -0.25) is 9.79 Å². The topological polar surface area (TPSA) is 84.0 Å². The molecule has 2 rings (SSSR count). The van der Waals surface area contributed by atoms with Crippen molar-refractivity contribution < 1.29 is 14.3 Å². The molecule has 0 radical (unpaired) electrons. The molecule has 0 unspecified atom stereocenters. The van der Waals surface area contributed by atoms with Crippen molar-refractivity contribution >= 4 is 11.9 Å². The molecule has 0 fully saturated rings. The molecule has 0 atom stereocenters. The lowest BCUT2D eigenvalue weighted by Gasteiger charge is -2.14. The van der Waals surface area contributed by atoms with Gasteiger partial charge in [-0.25, -0.2) is 0 Å². The molecular weight excluding hydrogens is 356 g/mol. The van der Waals surface area contributed by atoms with Gasteiger partial charge in [-0.15, -0.1) is 0 Å². The maximum absolute atomic E-state index is 12.1. The maximum Gasteiger partial charge on any atom is 0.239 e. The van der Waals surface area contributed by atoms with Gasteiger partial charge in [-0.1, -0.05) is 30.3 Å². The van der Waals surface area contributed by atoms with Crippen LogP contribution in [0.5, 0.6) is 11.5 Å². The van der Waals surface area contributed by atoms with E-state index >= 15 is 0 Å². The highest BCUT2D eigenvalue weighted by atomic mass is 16.5. The minimum absolute atomic E-state index is 0.117. The van der Waals surface area contributed by atoms with Crippen molar-refractivity contribution in [2.24, 2.45) is 4.99 Å². The number of amides is 1. The molecule has 7 nitrogen and oxygen atoms in total. The molecule has 0 aromatic heterocycles. The summed E-state index contributed by atoms with van der Waals surface area (Å²) < 4.78 is 10.7. The van der Waals surface area contributed by atoms with Crippen LogP contribution < -0.4 is 25.4 Å². The van der Waals surface area contributed by atoms with Crippen LogP contribution in [0.3, 0.4) is 0 Å². The Morgan fingerprint density at radius 1 is 1.00 bits per heavy atom. The van der Waals surface area contributed by atoms with Gasteiger partial charge in [-0.05, 0) is 30.7 Å². The summed E-state index contributed by atoms with van der Waals surface area (Å²) in [4.78, 5) is 16.2. The van der Waals surface area contributed by atoms with Gasteiger partial charge >= 0.3 is 0 Å². The Kier molecular flexibility index (Phi) is 8.65. The minimum atomic E-state index is -0.117. The first-order valence-electron chi connectivity index (χ1n) is 9.21. The first-order chi connectivity index (χ1) is 13.7. The van der Waals surface area contributed by atoms with Crippen LogP contribution >= 0.6 is 0 Å². The quantitative estimate of drug-likeness (QED) is 0.455. The number of guanidine groups is 1. The molecule has 28 heavy (non-hydrogen) atoms. The minimum Gasteiger partial charge on any atom is -0.497 e. The summed E-state index contributed by atoms with van der Waals surface area (Å²) >= 11 is 0. The van der Waals surface area contributed by atoms with E-state index < -0.39 is 0 Å². The van der Waals surface area contributed by atoms with Gasteiger partial charge in [0.05, 0.1) is 20.3 Å². The highest BCUT2D eigenvalue weighted by Crippen LogP contribution is 2.17. The second-order valence-electron chi connectivity index (χ2n) is 5.94. The number of benzene rings is 2. The lowest BCUT2D eigenvalue weighted by molar-refractivity contribution is -0.120. The van der Waals surface area contributed by atoms with Crippen LogP contribution in [0.1, 0.15) is 18.1 Å². The number of methoxy groups -OCH3 is 1. The zero-order valence-electron chi connectivity index (χ0n) is 16.6. The van der Waals surface area contributed by atoms with Crippen LogP contribution in [0, 0.1) is 0 Å². The fraction of sp³-hybridized carbons (Fsp3) is 0.333. The Hall–Kier alpha value is -3.22. The number of carbonyl (C=O) groups excluding carboxylic acids is 1. The first-order valence-corrected chi connectivity index (χ1v) is 9.21. The first kappa shape index (κ1) is 21.1. The molecular formula is C21H28N4O3. The predicted octanol–water partition coefficient (Wildman–Crippen LogP) is 2.08. The number of nitrogens with zero attached hydrogens (tertiary/aromatic N) is 1. The summed E-state index contributed by atoms with van der Waals surface area (Å²) in [6, 6.07) is 15.4.